The lowest BCUT2D eigenvalue weighted by Crippen LogP contribution is -1.95. The number of H-pyrrole nitrogens is 1. The molecule has 1 aromatic carbocycles. The molecular formula is C14H18N2. The van der Waals surface area contributed by atoms with Crippen molar-refractivity contribution in [1.82, 2.24) is 9.97 Å². The van der Waals surface area contributed by atoms with Crippen LogP contribution in [0.5, 0.6) is 0 Å². The third-order valence-electron chi connectivity index (χ3n) is 3.35. The van der Waals surface area contributed by atoms with E-state index in [-0.39, 0.29) is 0 Å². The summed E-state index contributed by atoms with van der Waals surface area (Å²) in [6.07, 6.45) is 4.82. The van der Waals surface area contributed by atoms with Gasteiger partial charge in [0.05, 0.1) is 11.0 Å². The molecule has 0 atom stereocenters. The van der Waals surface area contributed by atoms with Crippen molar-refractivity contribution >= 4 is 11.0 Å². The molecule has 0 fully saturated rings. The summed E-state index contributed by atoms with van der Waals surface area (Å²) in [5, 5.41) is 0. The number of aryl methyl sites for hydroxylation is 2. The van der Waals surface area contributed by atoms with Crippen LogP contribution in [-0.2, 0) is 19.3 Å². The number of rotatable bonds is 2. The van der Waals surface area contributed by atoms with Gasteiger partial charge < -0.3 is 4.98 Å². The Morgan fingerprint density at radius 2 is 2.00 bits per heavy atom. The van der Waals surface area contributed by atoms with Crippen LogP contribution in [0.2, 0.25) is 0 Å². The van der Waals surface area contributed by atoms with E-state index in [2.05, 4.69) is 35.9 Å². The van der Waals surface area contributed by atoms with Gasteiger partial charge in [0, 0.05) is 6.42 Å². The van der Waals surface area contributed by atoms with Crippen LogP contribution in [0.15, 0.2) is 12.1 Å². The van der Waals surface area contributed by atoms with E-state index >= 15 is 0 Å². The molecule has 1 heterocycles. The van der Waals surface area contributed by atoms with E-state index in [0.29, 0.717) is 5.92 Å². The molecule has 2 aromatic rings. The molecule has 84 valence electrons. The summed E-state index contributed by atoms with van der Waals surface area (Å²) in [6.45, 7) is 4.46. The molecule has 0 bridgehead atoms. The summed E-state index contributed by atoms with van der Waals surface area (Å²) in [5.74, 6) is 1.79. The molecule has 16 heavy (non-hydrogen) atoms. The smallest absolute Gasteiger partial charge is 0.107 e. The summed E-state index contributed by atoms with van der Waals surface area (Å²) < 4.78 is 0. The van der Waals surface area contributed by atoms with Crippen molar-refractivity contribution in [2.24, 2.45) is 5.92 Å². The molecule has 1 N–H and O–H groups in total. The number of benzene rings is 1. The molecule has 0 saturated heterocycles. The highest BCUT2D eigenvalue weighted by Gasteiger charge is 2.13. The standard InChI is InChI=1S/C14H18N2/c1-9(2)6-14-15-12-7-10-4-3-5-11(10)8-13(12)16-14/h7-9H,3-6H2,1-2H3,(H,15,16). The van der Waals surface area contributed by atoms with Crippen LogP contribution in [0, 0.1) is 5.92 Å². The molecule has 0 radical (unpaired) electrons. The van der Waals surface area contributed by atoms with Crippen molar-refractivity contribution in [2.75, 3.05) is 0 Å². The maximum atomic E-state index is 4.67. The first-order valence-corrected chi connectivity index (χ1v) is 6.23. The average Bonchev–Trinajstić information content (AvgIpc) is 2.76. The third kappa shape index (κ3) is 1.62. The van der Waals surface area contributed by atoms with Crippen LogP contribution in [0.4, 0.5) is 0 Å². The Bertz CT molecular complexity index is 482. The Morgan fingerprint density at radius 3 is 2.75 bits per heavy atom. The van der Waals surface area contributed by atoms with Gasteiger partial charge in [0.1, 0.15) is 5.82 Å². The molecule has 3 rings (SSSR count). The molecule has 0 spiro atoms. The summed E-state index contributed by atoms with van der Waals surface area (Å²) in [6, 6.07) is 4.58. The lowest BCUT2D eigenvalue weighted by atomic mass is 10.1. The first kappa shape index (κ1) is 9.88. The minimum atomic E-state index is 0.660. The van der Waals surface area contributed by atoms with Crippen LogP contribution in [0.25, 0.3) is 11.0 Å². The molecule has 0 unspecified atom stereocenters. The number of fused-ring (bicyclic) bond motifs is 2. The predicted octanol–water partition coefficient (Wildman–Crippen LogP) is 3.25. The first-order valence-electron chi connectivity index (χ1n) is 6.23. The van der Waals surface area contributed by atoms with Gasteiger partial charge in [0.25, 0.3) is 0 Å². The van der Waals surface area contributed by atoms with Gasteiger partial charge in [-0.3, -0.25) is 0 Å². The zero-order valence-electron chi connectivity index (χ0n) is 10.0. The predicted molar refractivity (Wildman–Crippen MR) is 66.7 cm³/mol. The second-order valence-corrected chi connectivity index (χ2v) is 5.27. The maximum Gasteiger partial charge on any atom is 0.107 e. The summed E-state index contributed by atoms with van der Waals surface area (Å²) in [5.41, 5.74) is 5.40. The quantitative estimate of drug-likeness (QED) is 0.816. The highest BCUT2D eigenvalue weighted by molar-refractivity contribution is 5.77. The van der Waals surface area contributed by atoms with E-state index in [9.17, 15) is 0 Å². The minimum Gasteiger partial charge on any atom is -0.342 e. The second kappa shape index (κ2) is 3.62. The number of hydrogen-bond donors (Lipinski definition) is 1. The van der Waals surface area contributed by atoms with Crippen molar-refractivity contribution in [2.45, 2.75) is 39.5 Å². The summed E-state index contributed by atoms with van der Waals surface area (Å²) >= 11 is 0. The Hall–Kier alpha value is -1.31. The highest BCUT2D eigenvalue weighted by atomic mass is 14.9. The SMILES string of the molecule is CC(C)Cc1nc2cc3c(cc2[nH]1)CCC3. The summed E-state index contributed by atoms with van der Waals surface area (Å²) in [4.78, 5) is 8.12. The van der Waals surface area contributed by atoms with Gasteiger partial charge >= 0.3 is 0 Å². The van der Waals surface area contributed by atoms with Crippen LogP contribution in [0.1, 0.15) is 37.2 Å². The molecule has 1 aliphatic rings. The highest BCUT2D eigenvalue weighted by Crippen LogP contribution is 2.26. The van der Waals surface area contributed by atoms with Crippen molar-refractivity contribution in [1.29, 1.82) is 0 Å². The number of nitrogens with zero attached hydrogens (tertiary/aromatic N) is 1. The second-order valence-electron chi connectivity index (χ2n) is 5.27. The molecule has 1 aromatic heterocycles. The fraction of sp³-hybridized carbons (Fsp3) is 0.500. The molecule has 2 nitrogen and oxygen atoms in total. The molecule has 0 aliphatic heterocycles. The molecule has 0 amide bonds. The largest absolute Gasteiger partial charge is 0.342 e. The number of aromatic nitrogens is 2. The van der Waals surface area contributed by atoms with Gasteiger partial charge in [-0.2, -0.15) is 0 Å². The third-order valence-corrected chi connectivity index (χ3v) is 3.35. The maximum absolute atomic E-state index is 4.67. The normalized spacial score (nSPS) is 14.9. The van der Waals surface area contributed by atoms with Crippen molar-refractivity contribution < 1.29 is 0 Å². The monoisotopic (exact) mass is 214 g/mol. The van der Waals surface area contributed by atoms with Crippen molar-refractivity contribution in [3.05, 3.63) is 29.1 Å². The van der Waals surface area contributed by atoms with Crippen LogP contribution < -0.4 is 0 Å². The van der Waals surface area contributed by atoms with Gasteiger partial charge in [-0.1, -0.05) is 13.8 Å². The van der Waals surface area contributed by atoms with Gasteiger partial charge in [0.15, 0.2) is 0 Å². The first-order chi connectivity index (χ1) is 7.72. The Labute approximate surface area is 96.1 Å². The minimum absolute atomic E-state index is 0.660. The van der Waals surface area contributed by atoms with Gasteiger partial charge in [-0.25, -0.2) is 4.98 Å². The Balaban J connectivity index is 2.05. The fourth-order valence-corrected chi connectivity index (χ4v) is 2.62. The van der Waals surface area contributed by atoms with Crippen LogP contribution in [-0.4, -0.2) is 9.97 Å². The Morgan fingerprint density at radius 1 is 1.25 bits per heavy atom. The average molecular weight is 214 g/mol. The molecule has 2 heteroatoms. The number of hydrogen-bond acceptors (Lipinski definition) is 1. The number of imidazole rings is 1. The van der Waals surface area contributed by atoms with E-state index in [4.69, 9.17) is 0 Å². The lowest BCUT2D eigenvalue weighted by Gasteiger charge is -1.98. The zero-order chi connectivity index (χ0) is 11.1. The topological polar surface area (TPSA) is 28.7 Å². The molecular weight excluding hydrogens is 196 g/mol. The molecule has 1 aliphatic carbocycles. The van der Waals surface area contributed by atoms with E-state index < -0.39 is 0 Å². The zero-order valence-corrected chi connectivity index (χ0v) is 10.0. The fourth-order valence-electron chi connectivity index (χ4n) is 2.62. The van der Waals surface area contributed by atoms with E-state index in [1.54, 1.807) is 0 Å². The van der Waals surface area contributed by atoms with Gasteiger partial charge in [0.2, 0.25) is 0 Å². The number of nitrogens with one attached hydrogen (secondary N) is 1. The van der Waals surface area contributed by atoms with Crippen LogP contribution >= 0.6 is 0 Å². The van der Waals surface area contributed by atoms with E-state index in [1.807, 2.05) is 0 Å². The molecule has 0 saturated carbocycles. The van der Waals surface area contributed by atoms with Crippen LogP contribution in [0.3, 0.4) is 0 Å². The van der Waals surface area contributed by atoms with Crippen molar-refractivity contribution in [3.63, 3.8) is 0 Å². The van der Waals surface area contributed by atoms with Gasteiger partial charge in [-0.15, -0.1) is 0 Å². The van der Waals surface area contributed by atoms with E-state index in [1.165, 1.54) is 35.9 Å². The Kier molecular flexibility index (Phi) is 2.23. The summed E-state index contributed by atoms with van der Waals surface area (Å²) in [7, 11) is 0. The lowest BCUT2D eigenvalue weighted by molar-refractivity contribution is 0.627. The van der Waals surface area contributed by atoms with E-state index in [0.717, 1.165) is 17.8 Å². The number of aromatic amines is 1. The van der Waals surface area contributed by atoms with Crippen molar-refractivity contribution in [3.8, 4) is 0 Å². The van der Waals surface area contributed by atoms with Gasteiger partial charge in [-0.05, 0) is 48.4 Å².